The average Bonchev–Trinajstić information content (AvgIpc) is 2.67. The van der Waals surface area contributed by atoms with Gasteiger partial charge >= 0.3 is 180 Å². The topological polar surface area (TPSA) is 26.3 Å². The third-order valence-corrected chi connectivity index (χ3v) is 19.4. The van der Waals surface area contributed by atoms with Crippen LogP contribution in [0.5, 0.6) is 0 Å². The van der Waals surface area contributed by atoms with Gasteiger partial charge in [0.05, 0.1) is 0 Å². The zero-order valence-electron chi connectivity index (χ0n) is 19.6. The van der Waals surface area contributed by atoms with E-state index in [0.717, 1.165) is 0 Å². The van der Waals surface area contributed by atoms with Crippen molar-refractivity contribution in [3.63, 3.8) is 0 Å². The van der Waals surface area contributed by atoms with E-state index in [4.69, 9.17) is 4.74 Å². The third-order valence-electron chi connectivity index (χ3n) is 5.38. The summed E-state index contributed by atoms with van der Waals surface area (Å²) in [5.74, 6) is 0.103. The van der Waals surface area contributed by atoms with Gasteiger partial charge in [-0.15, -0.1) is 0 Å². The summed E-state index contributed by atoms with van der Waals surface area (Å²) in [5, 5.41) is 0. The van der Waals surface area contributed by atoms with Gasteiger partial charge in [0.1, 0.15) is 0 Å². The predicted octanol–water partition coefficient (Wildman–Crippen LogP) is 8.02. The van der Waals surface area contributed by atoms with E-state index >= 15 is 0 Å². The maximum atomic E-state index is 11.5. The fourth-order valence-electron chi connectivity index (χ4n) is 3.52. The van der Waals surface area contributed by atoms with Gasteiger partial charge in [0, 0.05) is 0 Å². The molecular formula is C25H46O2Sn. The van der Waals surface area contributed by atoms with E-state index in [-0.39, 0.29) is 11.9 Å². The second kappa shape index (κ2) is 17.4. The van der Waals surface area contributed by atoms with Crippen LogP contribution in [0, 0.1) is 5.92 Å². The third kappa shape index (κ3) is 13.6. The molecule has 0 N–H and O–H groups in total. The van der Waals surface area contributed by atoms with Gasteiger partial charge in [0.25, 0.3) is 0 Å². The van der Waals surface area contributed by atoms with Gasteiger partial charge in [0.15, 0.2) is 0 Å². The number of carbonyl (C=O) groups excluding carboxylic acids is 1. The van der Waals surface area contributed by atoms with Gasteiger partial charge in [-0.3, -0.25) is 0 Å². The number of unbranched alkanes of at least 4 members (excludes halogenated alkanes) is 3. The van der Waals surface area contributed by atoms with Crippen LogP contribution in [0.4, 0.5) is 0 Å². The quantitative estimate of drug-likeness (QED) is 0.123. The summed E-state index contributed by atoms with van der Waals surface area (Å²) in [4.78, 5) is 11.5. The first-order valence-corrected chi connectivity index (χ1v) is 19.3. The van der Waals surface area contributed by atoms with Crippen molar-refractivity contribution >= 4 is 24.3 Å². The number of hydrogen-bond acceptors (Lipinski definition) is 2. The first kappa shape index (κ1) is 27.5. The van der Waals surface area contributed by atoms with Gasteiger partial charge in [-0.1, -0.05) is 0 Å². The molecule has 162 valence electrons. The van der Waals surface area contributed by atoms with Crippen LogP contribution >= 0.6 is 0 Å². The number of ether oxygens (including phenoxy) is 1. The number of allylic oxidation sites excluding steroid dienone is 5. The van der Waals surface area contributed by atoms with Crippen molar-refractivity contribution in [3.05, 3.63) is 34.0 Å². The van der Waals surface area contributed by atoms with Crippen molar-refractivity contribution in [1.82, 2.24) is 0 Å². The van der Waals surface area contributed by atoms with E-state index in [1.165, 1.54) is 57.4 Å². The van der Waals surface area contributed by atoms with Crippen LogP contribution in [-0.2, 0) is 9.53 Å². The van der Waals surface area contributed by atoms with Crippen LogP contribution in [0.25, 0.3) is 0 Å². The van der Waals surface area contributed by atoms with E-state index in [9.17, 15) is 4.79 Å². The van der Waals surface area contributed by atoms with E-state index in [2.05, 4.69) is 63.0 Å². The molecule has 0 aromatic rings. The Hall–Kier alpha value is -0.511. The van der Waals surface area contributed by atoms with Gasteiger partial charge < -0.3 is 0 Å². The molecule has 0 radical (unpaired) electrons. The standard InChI is InChI=1S/C13H19O2.3C4H9.Sn/c1-5-11(3)8-7-9-12(4)10-13(14)15-6-2;3*1-3-4-2;/h1,5,7-9,12H,6,10H2,2-4H3;3*1,3-4H2,2H3;/b5-1?,9-7+,11-8-;;;;/t12-;;;;/m1..../s1. The molecule has 0 saturated heterocycles. The molecule has 1 atom stereocenters. The Bertz CT molecular complexity index is 469. The van der Waals surface area contributed by atoms with E-state index in [1.54, 1.807) is 0 Å². The van der Waals surface area contributed by atoms with Crippen molar-refractivity contribution in [3.8, 4) is 0 Å². The summed E-state index contributed by atoms with van der Waals surface area (Å²) in [6.45, 7) is 13.6. The van der Waals surface area contributed by atoms with Gasteiger partial charge in [-0.2, -0.15) is 0 Å². The zero-order valence-corrected chi connectivity index (χ0v) is 22.4. The van der Waals surface area contributed by atoms with Crippen LogP contribution in [0.2, 0.25) is 13.3 Å². The Kier molecular flexibility index (Phi) is 17.0. The first-order valence-electron chi connectivity index (χ1n) is 11.6. The summed E-state index contributed by atoms with van der Waals surface area (Å²) >= 11 is -2.18. The first-order chi connectivity index (χ1) is 13.4. The van der Waals surface area contributed by atoms with E-state index < -0.39 is 18.4 Å². The monoisotopic (exact) mass is 498 g/mol. The van der Waals surface area contributed by atoms with Crippen LogP contribution in [0.3, 0.4) is 0 Å². The van der Waals surface area contributed by atoms with Crippen LogP contribution in [0.15, 0.2) is 34.0 Å². The summed E-state index contributed by atoms with van der Waals surface area (Å²) in [5.41, 5.74) is 1.32. The molecule has 0 spiro atoms. The van der Waals surface area contributed by atoms with Gasteiger partial charge in [0.2, 0.25) is 0 Å². The molecule has 0 amide bonds. The SMILES string of the molecule is CCC[CH2][Sn](/[CH]=C/C(C)=C\C=C\[C@@H](C)CC(=O)OCC)([CH2]CCC)[CH2]CCC. The van der Waals surface area contributed by atoms with E-state index in [1.807, 2.05) is 6.92 Å². The fraction of sp³-hybridized carbons (Fsp3) is 0.720. The molecular weight excluding hydrogens is 451 g/mol. The van der Waals surface area contributed by atoms with Crippen molar-refractivity contribution < 1.29 is 9.53 Å². The number of hydrogen-bond donors (Lipinski definition) is 0. The molecule has 3 heteroatoms. The molecule has 2 nitrogen and oxygen atoms in total. The van der Waals surface area contributed by atoms with Crippen molar-refractivity contribution in [1.29, 1.82) is 0 Å². The normalized spacial score (nSPS) is 14.1. The molecule has 0 heterocycles. The number of rotatable bonds is 16. The van der Waals surface area contributed by atoms with E-state index in [0.29, 0.717) is 13.0 Å². The summed E-state index contributed by atoms with van der Waals surface area (Å²) in [6, 6.07) is 0. The fourth-order valence-corrected chi connectivity index (χ4v) is 17.9. The Morgan fingerprint density at radius 3 is 1.96 bits per heavy atom. The van der Waals surface area contributed by atoms with Gasteiger partial charge in [-0.25, -0.2) is 0 Å². The second-order valence-electron chi connectivity index (χ2n) is 8.29. The van der Waals surface area contributed by atoms with Crippen LogP contribution in [-0.4, -0.2) is 31.0 Å². The molecule has 0 aliphatic carbocycles. The Morgan fingerprint density at radius 1 is 0.964 bits per heavy atom. The minimum absolute atomic E-state index is 0.109. The van der Waals surface area contributed by atoms with Crippen molar-refractivity contribution in [2.45, 2.75) is 99.8 Å². The summed E-state index contributed by atoms with van der Waals surface area (Å²) in [6.07, 6.45) is 17.4. The molecule has 0 aliphatic rings. The predicted molar refractivity (Wildman–Crippen MR) is 127 cm³/mol. The molecule has 0 bridgehead atoms. The van der Waals surface area contributed by atoms with Crippen molar-refractivity contribution in [2.75, 3.05) is 6.61 Å². The molecule has 0 aromatic heterocycles. The van der Waals surface area contributed by atoms with Gasteiger partial charge in [-0.05, 0) is 0 Å². The molecule has 0 saturated carbocycles. The zero-order chi connectivity index (χ0) is 21.3. The molecule has 0 rings (SSSR count). The molecule has 0 fully saturated rings. The molecule has 0 aromatic carbocycles. The maximum absolute atomic E-state index is 11.5. The van der Waals surface area contributed by atoms with Crippen LogP contribution < -0.4 is 0 Å². The Labute approximate surface area is 179 Å². The van der Waals surface area contributed by atoms with Crippen LogP contribution in [0.1, 0.15) is 86.5 Å². The summed E-state index contributed by atoms with van der Waals surface area (Å²) in [7, 11) is 0. The number of esters is 1. The molecule has 28 heavy (non-hydrogen) atoms. The second-order valence-corrected chi connectivity index (χ2v) is 21.3. The average molecular weight is 497 g/mol. The Balaban J connectivity index is 5.03. The van der Waals surface area contributed by atoms with Crippen molar-refractivity contribution in [2.24, 2.45) is 5.92 Å². The minimum atomic E-state index is -2.18. The molecule has 0 unspecified atom stereocenters. The Morgan fingerprint density at radius 2 is 1.50 bits per heavy atom. The number of carbonyl (C=O) groups is 1. The summed E-state index contributed by atoms with van der Waals surface area (Å²) < 4.78 is 12.3. The molecule has 0 aliphatic heterocycles.